The summed E-state index contributed by atoms with van der Waals surface area (Å²) in [5.41, 5.74) is 1.06. The molecule has 284 valence electrons. The standard InChI is InChI=1S/C35H34ClF3N8O7/c1-2-53-25-13-11-23(12-14-25)41-29(50)28(49)40-18-15-26(30(51)52)43-27(48)20-3-9-24(10-4-20)42-31-44-32(46-33(45-31)54-19-35(37,38)39)47-34(16-17-34)21-5-7-22(36)8-6-21/h3-14,26H,2,15-19H2,1H3,(H,40,49)(H,41,50)(H,43,48)(H,51,52)(H2,42,44,45,46,47)/t26-/m0/s1. The number of carboxylic acids is 1. The highest BCUT2D eigenvalue weighted by Gasteiger charge is 2.45. The molecule has 3 aromatic carbocycles. The Hall–Kier alpha value is -6.17. The Bertz CT molecular complexity index is 1960. The minimum Gasteiger partial charge on any atom is -0.494 e. The Kier molecular flexibility index (Phi) is 12.4. The van der Waals surface area contributed by atoms with Crippen molar-refractivity contribution in [1.29, 1.82) is 0 Å². The van der Waals surface area contributed by atoms with Crippen LogP contribution < -0.4 is 36.1 Å². The van der Waals surface area contributed by atoms with Gasteiger partial charge in [-0.15, -0.1) is 0 Å². The van der Waals surface area contributed by atoms with Crippen molar-refractivity contribution in [3.8, 4) is 11.8 Å². The largest absolute Gasteiger partial charge is 0.494 e. The molecule has 0 unspecified atom stereocenters. The van der Waals surface area contributed by atoms with Gasteiger partial charge in [-0.25, -0.2) is 4.79 Å². The molecule has 1 atom stereocenters. The second-order valence-electron chi connectivity index (χ2n) is 11.9. The molecule has 4 aromatic rings. The van der Waals surface area contributed by atoms with Crippen LogP contribution in [0.25, 0.3) is 0 Å². The third-order valence-electron chi connectivity index (χ3n) is 7.83. The van der Waals surface area contributed by atoms with Crippen molar-refractivity contribution in [1.82, 2.24) is 25.6 Å². The van der Waals surface area contributed by atoms with Crippen molar-refractivity contribution in [3.05, 3.63) is 88.9 Å². The van der Waals surface area contributed by atoms with Gasteiger partial charge in [0.1, 0.15) is 11.8 Å². The first-order valence-electron chi connectivity index (χ1n) is 16.4. The van der Waals surface area contributed by atoms with Crippen LogP contribution in [0.4, 0.5) is 36.4 Å². The summed E-state index contributed by atoms with van der Waals surface area (Å²) in [6.07, 6.45) is -3.49. The number of hydrogen-bond acceptors (Lipinski definition) is 11. The Morgan fingerprint density at radius 3 is 2.13 bits per heavy atom. The summed E-state index contributed by atoms with van der Waals surface area (Å²) in [5, 5.41) is 23.3. The van der Waals surface area contributed by atoms with Crippen LogP contribution in [-0.4, -0.2) is 75.7 Å². The quantitative estimate of drug-likeness (QED) is 0.0830. The lowest BCUT2D eigenvalue weighted by atomic mass is 10.1. The van der Waals surface area contributed by atoms with Gasteiger partial charge in [-0.05, 0) is 92.4 Å². The number of aromatic nitrogens is 3. The molecular weight excluding hydrogens is 737 g/mol. The molecule has 54 heavy (non-hydrogen) atoms. The zero-order valence-electron chi connectivity index (χ0n) is 28.5. The third-order valence-corrected chi connectivity index (χ3v) is 8.08. The SMILES string of the molecule is CCOc1ccc(NC(=O)C(=O)NCC[C@H](NC(=O)c2ccc(Nc3nc(NC4(c5ccc(Cl)cc5)CC4)nc(OCC(F)(F)F)n3)cc2)C(=O)O)cc1. The van der Waals surface area contributed by atoms with Gasteiger partial charge in [-0.1, -0.05) is 23.7 Å². The second kappa shape index (κ2) is 17.1. The number of nitrogens with one attached hydrogen (secondary N) is 5. The summed E-state index contributed by atoms with van der Waals surface area (Å²) in [6.45, 7) is 0.409. The van der Waals surface area contributed by atoms with Gasteiger partial charge in [0.25, 0.3) is 5.91 Å². The van der Waals surface area contributed by atoms with Crippen LogP contribution in [0.15, 0.2) is 72.8 Å². The highest BCUT2D eigenvalue weighted by atomic mass is 35.5. The van der Waals surface area contributed by atoms with E-state index in [1.165, 1.54) is 24.3 Å². The number of rotatable bonds is 16. The number of nitrogens with zero attached hydrogens (tertiary/aromatic N) is 3. The van der Waals surface area contributed by atoms with Crippen LogP contribution >= 0.6 is 11.6 Å². The van der Waals surface area contributed by atoms with Gasteiger partial charge >= 0.3 is 30.0 Å². The number of benzene rings is 3. The number of carbonyl (C=O) groups excluding carboxylic acids is 3. The van der Waals surface area contributed by atoms with E-state index >= 15 is 0 Å². The summed E-state index contributed by atoms with van der Waals surface area (Å²) < 4.78 is 48.9. The zero-order chi connectivity index (χ0) is 38.9. The maximum atomic E-state index is 12.9. The Labute approximate surface area is 311 Å². The number of ether oxygens (including phenoxy) is 2. The Morgan fingerprint density at radius 2 is 1.52 bits per heavy atom. The van der Waals surface area contributed by atoms with E-state index in [4.69, 9.17) is 21.1 Å². The van der Waals surface area contributed by atoms with Gasteiger partial charge in [0.15, 0.2) is 6.61 Å². The van der Waals surface area contributed by atoms with Gasteiger partial charge in [-0.2, -0.15) is 28.1 Å². The number of hydrogen-bond donors (Lipinski definition) is 6. The number of anilines is 4. The van der Waals surface area contributed by atoms with Crippen molar-refractivity contribution < 1.29 is 46.9 Å². The average Bonchev–Trinajstić information content (AvgIpc) is 3.91. The van der Waals surface area contributed by atoms with Crippen LogP contribution in [0.5, 0.6) is 11.8 Å². The minimum atomic E-state index is -4.65. The van der Waals surface area contributed by atoms with Crippen molar-refractivity contribution >= 4 is 58.6 Å². The number of amides is 3. The predicted molar refractivity (Wildman–Crippen MR) is 190 cm³/mol. The summed E-state index contributed by atoms with van der Waals surface area (Å²) in [7, 11) is 0. The highest BCUT2D eigenvalue weighted by Crippen LogP contribution is 2.48. The first-order chi connectivity index (χ1) is 25.7. The van der Waals surface area contributed by atoms with Crippen LogP contribution in [0.1, 0.15) is 42.1 Å². The van der Waals surface area contributed by atoms with E-state index in [9.17, 15) is 37.5 Å². The van der Waals surface area contributed by atoms with E-state index < -0.39 is 54.1 Å². The molecule has 0 saturated heterocycles. The van der Waals surface area contributed by atoms with Crippen LogP contribution in [0.3, 0.4) is 0 Å². The summed E-state index contributed by atoms with van der Waals surface area (Å²) in [6, 6.07) is 17.0. The summed E-state index contributed by atoms with van der Waals surface area (Å²) in [4.78, 5) is 61.5. The molecule has 19 heteroatoms. The molecule has 15 nitrogen and oxygen atoms in total. The fourth-order valence-corrected chi connectivity index (χ4v) is 5.13. The van der Waals surface area contributed by atoms with E-state index in [2.05, 4.69) is 41.5 Å². The zero-order valence-corrected chi connectivity index (χ0v) is 29.3. The van der Waals surface area contributed by atoms with Crippen molar-refractivity contribution in [3.63, 3.8) is 0 Å². The molecule has 0 radical (unpaired) electrons. The molecule has 0 bridgehead atoms. The minimum absolute atomic E-state index is 0.0442. The van der Waals surface area contributed by atoms with E-state index in [0.29, 0.717) is 41.6 Å². The first kappa shape index (κ1) is 39.0. The van der Waals surface area contributed by atoms with Crippen molar-refractivity contribution in [2.24, 2.45) is 0 Å². The predicted octanol–water partition coefficient (Wildman–Crippen LogP) is 5.04. The van der Waals surface area contributed by atoms with E-state index in [1.807, 2.05) is 19.1 Å². The molecule has 1 heterocycles. The maximum absolute atomic E-state index is 12.9. The molecule has 1 saturated carbocycles. The average molecular weight is 771 g/mol. The van der Waals surface area contributed by atoms with Gasteiger partial charge < -0.3 is 41.2 Å². The molecule has 0 spiro atoms. The number of carbonyl (C=O) groups is 4. The first-order valence-corrected chi connectivity index (χ1v) is 16.8. The van der Waals surface area contributed by atoms with E-state index in [0.717, 1.165) is 5.56 Å². The molecule has 5 rings (SSSR count). The number of aliphatic carboxylic acids is 1. The van der Waals surface area contributed by atoms with E-state index in [1.54, 1.807) is 36.4 Å². The summed E-state index contributed by atoms with van der Waals surface area (Å²) in [5.74, 6) is -3.71. The number of halogens is 4. The molecule has 1 aliphatic rings. The van der Waals surface area contributed by atoms with Crippen LogP contribution in [0.2, 0.25) is 5.02 Å². The Balaban J connectivity index is 1.17. The topological polar surface area (TPSA) is 206 Å². The molecule has 1 fully saturated rings. The van der Waals surface area contributed by atoms with Gasteiger partial charge in [0.05, 0.1) is 12.1 Å². The normalized spacial score (nSPS) is 13.5. The molecule has 1 aliphatic carbocycles. The molecule has 6 N–H and O–H groups in total. The highest BCUT2D eigenvalue weighted by molar-refractivity contribution is 6.39. The molecule has 0 aliphatic heterocycles. The van der Waals surface area contributed by atoms with Crippen molar-refractivity contribution in [2.75, 3.05) is 35.7 Å². The summed E-state index contributed by atoms with van der Waals surface area (Å²) >= 11 is 6.02. The maximum Gasteiger partial charge on any atom is 0.422 e. The second-order valence-corrected chi connectivity index (χ2v) is 12.3. The number of alkyl halides is 3. The van der Waals surface area contributed by atoms with Crippen LogP contribution in [0, 0.1) is 0 Å². The lowest BCUT2D eigenvalue weighted by molar-refractivity contribution is -0.154. The van der Waals surface area contributed by atoms with Gasteiger partial charge in [0, 0.05) is 28.5 Å². The van der Waals surface area contributed by atoms with Gasteiger partial charge in [0.2, 0.25) is 11.9 Å². The third kappa shape index (κ3) is 11.2. The molecular formula is C35H34ClF3N8O7. The number of carboxylic acid groups (broad SMARTS) is 1. The Morgan fingerprint density at radius 1 is 0.870 bits per heavy atom. The molecule has 1 aromatic heterocycles. The smallest absolute Gasteiger partial charge is 0.422 e. The fraction of sp³-hybridized carbons (Fsp3) is 0.286. The molecule has 3 amide bonds. The van der Waals surface area contributed by atoms with E-state index in [-0.39, 0.29) is 30.4 Å². The van der Waals surface area contributed by atoms with Crippen molar-refractivity contribution in [2.45, 2.75) is 43.9 Å². The van der Waals surface area contributed by atoms with Gasteiger partial charge in [-0.3, -0.25) is 14.4 Å². The lowest BCUT2D eigenvalue weighted by Crippen LogP contribution is -2.44. The van der Waals surface area contributed by atoms with Crippen LogP contribution in [-0.2, 0) is 19.9 Å². The monoisotopic (exact) mass is 770 g/mol. The fourth-order valence-electron chi connectivity index (χ4n) is 5.01. The lowest BCUT2D eigenvalue weighted by Gasteiger charge is -2.19.